The minimum atomic E-state index is -0.0871. The summed E-state index contributed by atoms with van der Waals surface area (Å²) in [6, 6.07) is 11.6. The normalized spacial score (nSPS) is 15.9. The van der Waals surface area contributed by atoms with Gasteiger partial charge in [0.2, 0.25) is 5.91 Å². The molecule has 0 radical (unpaired) electrons. The van der Waals surface area contributed by atoms with Crippen molar-refractivity contribution in [2.75, 3.05) is 32.8 Å². The maximum atomic E-state index is 12.6. The summed E-state index contributed by atoms with van der Waals surface area (Å²) >= 11 is 1.71. The van der Waals surface area contributed by atoms with Crippen molar-refractivity contribution in [1.82, 2.24) is 15.5 Å². The third-order valence-electron chi connectivity index (χ3n) is 4.57. The molecule has 0 aliphatic carbocycles. The Kier molecular flexibility index (Phi) is 6.98. The van der Waals surface area contributed by atoms with E-state index in [-0.39, 0.29) is 17.9 Å². The molecule has 1 aromatic heterocycles. The average molecular weight is 388 g/mol. The summed E-state index contributed by atoms with van der Waals surface area (Å²) in [5, 5.41) is 7.89. The standard InChI is InChI=1S/C20H25N3O3S/c1-15(24)21-13-16-4-6-17(7-5-16)20(25)22-14-18(19-3-2-12-27-19)23-8-10-26-11-9-23/h2-7,12,18H,8-11,13-14H2,1H3,(H,21,24)(H,22,25). The summed E-state index contributed by atoms with van der Waals surface area (Å²) in [5.74, 6) is -0.157. The van der Waals surface area contributed by atoms with E-state index >= 15 is 0 Å². The molecule has 1 fully saturated rings. The lowest BCUT2D eigenvalue weighted by Crippen LogP contribution is -2.43. The lowest BCUT2D eigenvalue weighted by atomic mass is 10.1. The molecule has 1 atom stereocenters. The molecule has 7 heteroatoms. The third-order valence-corrected chi connectivity index (χ3v) is 5.55. The number of hydrogen-bond donors (Lipinski definition) is 2. The molecule has 1 aliphatic rings. The van der Waals surface area contributed by atoms with E-state index in [9.17, 15) is 9.59 Å². The number of thiophene rings is 1. The van der Waals surface area contributed by atoms with Gasteiger partial charge in [0.1, 0.15) is 0 Å². The number of carbonyl (C=O) groups excluding carboxylic acids is 2. The molecule has 3 rings (SSSR count). The van der Waals surface area contributed by atoms with Crippen molar-refractivity contribution in [3.05, 3.63) is 57.8 Å². The first-order valence-electron chi connectivity index (χ1n) is 9.10. The molecule has 1 aliphatic heterocycles. The van der Waals surface area contributed by atoms with E-state index in [2.05, 4.69) is 27.0 Å². The van der Waals surface area contributed by atoms with Crippen LogP contribution in [0.3, 0.4) is 0 Å². The Morgan fingerprint density at radius 1 is 1.15 bits per heavy atom. The summed E-state index contributed by atoms with van der Waals surface area (Å²) in [7, 11) is 0. The Morgan fingerprint density at radius 3 is 2.52 bits per heavy atom. The highest BCUT2D eigenvalue weighted by Crippen LogP contribution is 2.25. The molecule has 0 saturated carbocycles. The fourth-order valence-electron chi connectivity index (χ4n) is 3.07. The Bertz CT molecular complexity index is 740. The number of ether oxygens (including phenoxy) is 1. The fourth-order valence-corrected chi connectivity index (χ4v) is 3.93. The van der Waals surface area contributed by atoms with Crippen molar-refractivity contribution in [3.63, 3.8) is 0 Å². The highest BCUT2D eigenvalue weighted by molar-refractivity contribution is 7.10. The van der Waals surface area contributed by atoms with Gasteiger partial charge in [-0.2, -0.15) is 0 Å². The van der Waals surface area contributed by atoms with E-state index in [4.69, 9.17) is 4.74 Å². The second-order valence-electron chi connectivity index (χ2n) is 6.50. The second-order valence-corrected chi connectivity index (χ2v) is 7.48. The van der Waals surface area contributed by atoms with Crippen molar-refractivity contribution >= 4 is 23.2 Å². The summed E-state index contributed by atoms with van der Waals surface area (Å²) in [4.78, 5) is 27.2. The second kappa shape index (κ2) is 9.64. The van der Waals surface area contributed by atoms with E-state index in [1.165, 1.54) is 11.8 Å². The van der Waals surface area contributed by atoms with Gasteiger partial charge in [0, 0.05) is 43.5 Å². The maximum absolute atomic E-state index is 12.6. The summed E-state index contributed by atoms with van der Waals surface area (Å²) in [5.41, 5.74) is 1.58. The van der Waals surface area contributed by atoms with Gasteiger partial charge in [-0.1, -0.05) is 18.2 Å². The van der Waals surface area contributed by atoms with Crippen LogP contribution in [0.15, 0.2) is 41.8 Å². The number of nitrogens with zero attached hydrogens (tertiary/aromatic N) is 1. The monoisotopic (exact) mass is 387 g/mol. The summed E-state index contributed by atoms with van der Waals surface area (Å²) in [6.07, 6.45) is 0. The van der Waals surface area contributed by atoms with Crippen LogP contribution in [-0.4, -0.2) is 49.6 Å². The SMILES string of the molecule is CC(=O)NCc1ccc(C(=O)NCC(c2cccs2)N2CCOCC2)cc1. The molecule has 0 bridgehead atoms. The van der Waals surface area contributed by atoms with Crippen molar-refractivity contribution < 1.29 is 14.3 Å². The number of carbonyl (C=O) groups is 2. The van der Waals surface area contributed by atoms with Crippen LogP contribution in [0.1, 0.15) is 33.8 Å². The van der Waals surface area contributed by atoms with Gasteiger partial charge in [0.15, 0.2) is 0 Å². The van der Waals surface area contributed by atoms with Crippen molar-refractivity contribution in [2.24, 2.45) is 0 Å². The van der Waals surface area contributed by atoms with Gasteiger partial charge in [-0.15, -0.1) is 11.3 Å². The van der Waals surface area contributed by atoms with Crippen molar-refractivity contribution in [3.8, 4) is 0 Å². The zero-order valence-electron chi connectivity index (χ0n) is 15.4. The Labute approximate surface area is 163 Å². The molecule has 6 nitrogen and oxygen atoms in total. The van der Waals surface area contributed by atoms with Crippen LogP contribution < -0.4 is 10.6 Å². The lowest BCUT2D eigenvalue weighted by Gasteiger charge is -2.34. The number of hydrogen-bond acceptors (Lipinski definition) is 5. The number of nitrogens with one attached hydrogen (secondary N) is 2. The van der Waals surface area contributed by atoms with Gasteiger partial charge in [0.25, 0.3) is 5.91 Å². The van der Waals surface area contributed by atoms with Crippen molar-refractivity contribution in [2.45, 2.75) is 19.5 Å². The number of morpholine rings is 1. The molecule has 144 valence electrons. The molecule has 1 unspecified atom stereocenters. The van der Waals surface area contributed by atoms with Gasteiger partial charge < -0.3 is 15.4 Å². The van der Waals surface area contributed by atoms with E-state index < -0.39 is 0 Å². The van der Waals surface area contributed by atoms with Gasteiger partial charge >= 0.3 is 0 Å². The van der Waals surface area contributed by atoms with Gasteiger partial charge in [-0.05, 0) is 29.1 Å². The van der Waals surface area contributed by atoms with E-state index in [0.29, 0.717) is 18.7 Å². The third kappa shape index (κ3) is 5.63. The Balaban J connectivity index is 1.59. The summed E-state index contributed by atoms with van der Waals surface area (Å²) < 4.78 is 5.46. The van der Waals surface area contributed by atoms with Crippen LogP contribution >= 0.6 is 11.3 Å². The van der Waals surface area contributed by atoms with Gasteiger partial charge in [-0.3, -0.25) is 14.5 Å². The quantitative estimate of drug-likeness (QED) is 0.764. The molecule has 2 aromatic rings. The molecular weight excluding hydrogens is 362 g/mol. The zero-order chi connectivity index (χ0) is 19.1. The first kappa shape index (κ1) is 19.5. The molecule has 2 N–H and O–H groups in total. The van der Waals surface area contributed by atoms with Gasteiger partial charge in [-0.25, -0.2) is 0 Å². The molecule has 0 spiro atoms. The minimum absolute atomic E-state index is 0.0699. The average Bonchev–Trinajstić information content (AvgIpc) is 3.22. The predicted molar refractivity (Wildman–Crippen MR) is 106 cm³/mol. The first-order valence-corrected chi connectivity index (χ1v) is 9.98. The van der Waals surface area contributed by atoms with Gasteiger partial charge in [0.05, 0.1) is 19.3 Å². The fraction of sp³-hybridized carbons (Fsp3) is 0.400. The topological polar surface area (TPSA) is 70.7 Å². The number of rotatable bonds is 7. The smallest absolute Gasteiger partial charge is 0.251 e. The molecule has 2 heterocycles. The first-order chi connectivity index (χ1) is 13.1. The highest BCUT2D eigenvalue weighted by atomic mass is 32.1. The largest absolute Gasteiger partial charge is 0.379 e. The Morgan fingerprint density at radius 2 is 1.89 bits per heavy atom. The lowest BCUT2D eigenvalue weighted by molar-refractivity contribution is -0.119. The predicted octanol–water partition coefficient (Wildman–Crippen LogP) is 2.19. The number of benzene rings is 1. The van der Waals surface area contributed by atoms with Crippen LogP contribution in [0, 0.1) is 0 Å². The molecular formula is C20H25N3O3S. The Hall–Kier alpha value is -2.22. The number of amides is 2. The van der Waals surface area contributed by atoms with E-state index in [1.807, 2.05) is 18.2 Å². The molecule has 2 amide bonds. The van der Waals surface area contributed by atoms with Crippen LogP contribution in [0.25, 0.3) is 0 Å². The highest BCUT2D eigenvalue weighted by Gasteiger charge is 2.24. The van der Waals surface area contributed by atoms with Crippen LogP contribution in [0.2, 0.25) is 0 Å². The minimum Gasteiger partial charge on any atom is -0.379 e. The van der Waals surface area contributed by atoms with Crippen molar-refractivity contribution in [1.29, 1.82) is 0 Å². The van der Waals surface area contributed by atoms with E-state index in [1.54, 1.807) is 23.5 Å². The maximum Gasteiger partial charge on any atom is 0.251 e. The zero-order valence-corrected chi connectivity index (χ0v) is 16.3. The van der Waals surface area contributed by atoms with Crippen LogP contribution in [-0.2, 0) is 16.1 Å². The molecule has 1 saturated heterocycles. The van der Waals surface area contributed by atoms with Crippen LogP contribution in [0.4, 0.5) is 0 Å². The molecule has 27 heavy (non-hydrogen) atoms. The van der Waals surface area contributed by atoms with Crippen LogP contribution in [0.5, 0.6) is 0 Å². The van der Waals surface area contributed by atoms with E-state index in [0.717, 1.165) is 31.9 Å². The molecule has 1 aromatic carbocycles. The summed E-state index contributed by atoms with van der Waals surface area (Å²) in [6.45, 7) is 5.71.